The monoisotopic (exact) mass is 382 g/mol. The zero-order valence-corrected chi connectivity index (χ0v) is 14.8. The molecule has 0 atom stereocenters. The van der Waals surface area contributed by atoms with Gasteiger partial charge in [0.1, 0.15) is 23.7 Å². The SMILES string of the molecule is O=C(O)CCNC(=O)c1c(O)c2ccc(OCc3ccccc3)cc2[nH]c1=O. The van der Waals surface area contributed by atoms with Crippen LogP contribution in [0, 0.1) is 0 Å². The van der Waals surface area contributed by atoms with Gasteiger partial charge >= 0.3 is 5.97 Å². The average molecular weight is 382 g/mol. The molecule has 3 aromatic rings. The Morgan fingerprint density at radius 1 is 1.11 bits per heavy atom. The molecule has 2 aromatic carbocycles. The average Bonchev–Trinajstić information content (AvgIpc) is 2.66. The molecule has 8 heteroatoms. The van der Waals surface area contributed by atoms with Crippen molar-refractivity contribution < 1.29 is 24.5 Å². The highest BCUT2D eigenvalue weighted by Gasteiger charge is 2.19. The van der Waals surface area contributed by atoms with Gasteiger partial charge in [-0.05, 0) is 17.7 Å². The quantitative estimate of drug-likeness (QED) is 0.495. The Kier molecular flexibility index (Phi) is 5.59. The number of aromatic hydroxyl groups is 1. The van der Waals surface area contributed by atoms with Crippen LogP contribution < -0.4 is 15.6 Å². The number of benzene rings is 2. The van der Waals surface area contributed by atoms with Gasteiger partial charge in [-0.25, -0.2) is 0 Å². The second-order valence-electron chi connectivity index (χ2n) is 6.06. The third kappa shape index (κ3) is 4.29. The van der Waals surface area contributed by atoms with Crippen molar-refractivity contribution in [3.8, 4) is 11.5 Å². The van der Waals surface area contributed by atoms with E-state index in [1.54, 1.807) is 12.1 Å². The van der Waals surface area contributed by atoms with E-state index < -0.39 is 28.7 Å². The molecule has 0 unspecified atom stereocenters. The van der Waals surface area contributed by atoms with Crippen molar-refractivity contribution >= 4 is 22.8 Å². The van der Waals surface area contributed by atoms with E-state index in [4.69, 9.17) is 9.84 Å². The van der Waals surface area contributed by atoms with Crippen molar-refractivity contribution in [1.29, 1.82) is 0 Å². The Morgan fingerprint density at radius 2 is 1.86 bits per heavy atom. The number of H-pyrrole nitrogens is 1. The number of carboxylic acids is 1. The van der Waals surface area contributed by atoms with Crippen LogP contribution in [-0.2, 0) is 11.4 Å². The van der Waals surface area contributed by atoms with Crippen LogP contribution in [0.5, 0.6) is 11.5 Å². The Bertz CT molecular complexity index is 1080. The van der Waals surface area contributed by atoms with Gasteiger partial charge in [-0.15, -0.1) is 0 Å². The summed E-state index contributed by atoms with van der Waals surface area (Å²) in [4.78, 5) is 37.4. The number of ether oxygens (including phenoxy) is 1. The van der Waals surface area contributed by atoms with Crippen LogP contribution in [0.3, 0.4) is 0 Å². The molecular formula is C20H18N2O6. The van der Waals surface area contributed by atoms with Crippen LogP contribution in [-0.4, -0.2) is 33.6 Å². The third-order valence-electron chi connectivity index (χ3n) is 4.06. The number of fused-ring (bicyclic) bond motifs is 1. The van der Waals surface area contributed by atoms with Crippen molar-refractivity contribution in [3.63, 3.8) is 0 Å². The van der Waals surface area contributed by atoms with E-state index in [-0.39, 0.29) is 18.4 Å². The number of aliphatic carboxylic acids is 1. The Labute approximate surface area is 159 Å². The first-order valence-electron chi connectivity index (χ1n) is 8.51. The Hall–Kier alpha value is -3.81. The number of pyridine rings is 1. The van der Waals surface area contributed by atoms with Gasteiger partial charge in [0.05, 0.1) is 11.9 Å². The molecule has 28 heavy (non-hydrogen) atoms. The molecule has 144 valence electrons. The first-order chi connectivity index (χ1) is 13.5. The summed E-state index contributed by atoms with van der Waals surface area (Å²) in [7, 11) is 0. The van der Waals surface area contributed by atoms with E-state index in [0.717, 1.165) is 5.56 Å². The maximum absolute atomic E-state index is 12.2. The summed E-state index contributed by atoms with van der Waals surface area (Å²) < 4.78 is 5.69. The number of carboxylic acid groups (broad SMARTS) is 1. The van der Waals surface area contributed by atoms with Crippen LogP contribution in [0.1, 0.15) is 22.3 Å². The molecule has 0 aliphatic heterocycles. The lowest BCUT2D eigenvalue weighted by atomic mass is 10.1. The number of carbonyl (C=O) groups is 2. The maximum Gasteiger partial charge on any atom is 0.305 e. The van der Waals surface area contributed by atoms with Gasteiger partial charge in [-0.1, -0.05) is 30.3 Å². The highest BCUT2D eigenvalue weighted by Crippen LogP contribution is 2.28. The summed E-state index contributed by atoms with van der Waals surface area (Å²) in [6.07, 6.45) is -0.292. The first-order valence-corrected chi connectivity index (χ1v) is 8.51. The van der Waals surface area contributed by atoms with Crippen LogP contribution in [0.15, 0.2) is 53.3 Å². The maximum atomic E-state index is 12.2. The lowest BCUT2D eigenvalue weighted by Crippen LogP contribution is -2.31. The fraction of sp³-hybridized carbons (Fsp3) is 0.150. The van der Waals surface area contributed by atoms with Gasteiger partial charge in [-0.2, -0.15) is 0 Å². The molecule has 0 aliphatic rings. The van der Waals surface area contributed by atoms with E-state index in [1.165, 1.54) is 6.07 Å². The number of carbonyl (C=O) groups excluding carboxylic acids is 1. The molecule has 1 amide bonds. The van der Waals surface area contributed by atoms with E-state index >= 15 is 0 Å². The van der Waals surface area contributed by atoms with Gasteiger partial charge < -0.3 is 25.3 Å². The van der Waals surface area contributed by atoms with Gasteiger partial charge in [0.25, 0.3) is 11.5 Å². The van der Waals surface area contributed by atoms with Crippen LogP contribution >= 0.6 is 0 Å². The smallest absolute Gasteiger partial charge is 0.305 e. The number of hydrogen-bond donors (Lipinski definition) is 4. The Morgan fingerprint density at radius 3 is 2.57 bits per heavy atom. The predicted molar refractivity (Wildman–Crippen MR) is 102 cm³/mol. The van der Waals surface area contributed by atoms with Gasteiger partial charge in [0, 0.05) is 18.0 Å². The van der Waals surface area contributed by atoms with Gasteiger partial charge in [0.2, 0.25) is 0 Å². The van der Waals surface area contributed by atoms with E-state index in [1.807, 2.05) is 30.3 Å². The van der Waals surface area contributed by atoms with E-state index in [9.17, 15) is 19.5 Å². The second kappa shape index (κ2) is 8.26. The number of amides is 1. The van der Waals surface area contributed by atoms with Crippen molar-refractivity contribution in [1.82, 2.24) is 10.3 Å². The predicted octanol–water partition coefficient (Wildman–Crippen LogP) is 2.02. The topological polar surface area (TPSA) is 129 Å². The fourth-order valence-electron chi connectivity index (χ4n) is 2.67. The fourth-order valence-corrected chi connectivity index (χ4v) is 2.67. The molecule has 0 fully saturated rings. The highest BCUT2D eigenvalue weighted by atomic mass is 16.5. The van der Waals surface area contributed by atoms with Crippen molar-refractivity contribution in [2.45, 2.75) is 13.0 Å². The summed E-state index contributed by atoms with van der Waals surface area (Å²) >= 11 is 0. The molecular weight excluding hydrogens is 364 g/mol. The minimum absolute atomic E-state index is 0.155. The second-order valence-corrected chi connectivity index (χ2v) is 6.06. The molecule has 0 aliphatic carbocycles. The third-order valence-corrected chi connectivity index (χ3v) is 4.06. The van der Waals surface area contributed by atoms with Gasteiger partial charge in [-0.3, -0.25) is 14.4 Å². The molecule has 0 bridgehead atoms. The zero-order chi connectivity index (χ0) is 20.1. The lowest BCUT2D eigenvalue weighted by molar-refractivity contribution is -0.136. The molecule has 1 heterocycles. The lowest BCUT2D eigenvalue weighted by Gasteiger charge is -2.10. The molecule has 0 saturated heterocycles. The first kappa shape index (κ1) is 19.0. The summed E-state index contributed by atoms with van der Waals surface area (Å²) in [6.45, 7) is 0.184. The molecule has 0 radical (unpaired) electrons. The van der Waals surface area contributed by atoms with Crippen LogP contribution in [0.25, 0.3) is 10.9 Å². The number of hydrogen-bond acceptors (Lipinski definition) is 5. The largest absolute Gasteiger partial charge is 0.506 e. The van der Waals surface area contributed by atoms with Crippen molar-refractivity contribution in [3.05, 3.63) is 70.0 Å². The number of aromatic amines is 1. The Balaban J connectivity index is 1.82. The number of nitrogens with one attached hydrogen (secondary N) is 2. The molecule has 3 rings (SSSR count). The minimum atomic E-state index is -1.08. The molecule has 0 saturated carbocycles. The van der Waals surface area contributed by atoms with Crippen LogP contribution in [0.4, 0.5) is 0 Å². The highest BCUT2D eigenvalue weighted by molar-refractivity contribution is 6.02. The zero-order valence-electron chi connectivity index (χ0n) is 14.8. The summed E-state index contributed by atoms with van der Waals surface area (Å²) in [6, 6.07) is 14.3. The number of rotatable bonds is 7. The summed E-state index contributed by atoms with van der Waals surface area (Å²) in [5.41, 5.74) is 0.0522. The molecule has 1 aromatic heterocycles. The minimum Gasteiger partial charge on any atom is -0.506 e. The molecule has 0 spiro atoms. The molecule has 4 N–H and O–H groups in total. The summed E-state index contributed by atoms with van der Waals surface area (Å²) in [5, 5.41) is 21.6. The number of aromatic nitrogens is 1. The van der Waals surface area contributed by atoms with Crippen molar-refractivity contribution in [2.24, 2.45) is 0 Å². The van der Waals surface area contributed by atoms with Crippen molar-refractivity contribution in [2.75, 3.05) is 6.54 Å². The van der Waals surface area contributed by atoms with E-state index in [2.05, 4.69) is 10.3 Å². The normalized spacial score (nSPS) is 10.6. The van der Waals surface area contributed by atoms with Crippen LogP contribution in [0.2, 0.25) is 0 Å². The molecule has 8 nitrogen and oxygen atoms in total. The summed E-state index contributed by atoms with van der Waals surface area (Å²) in [5.74, 6) is -1.91. The van der Waals surface area contributed by atoms with Gasteiger partial charge in [0.15, 0.2) is 0 Å². The standard InChI is InChI=1S/C20H18N2O6/c23-16(24)8-9-21-19(26)17-18(25)14-7-6-13(10-15(14)22-20(17)27)28-11-12-4-2-1-3-5-12/h1-7,10H,8-9,11H2,(H,21,26)(H,23,24)(H2,22,25,27). The van der Waals surface area contributed by atoms with E-state index in [0.29, 0.717) is 17.9 Å².